The first kappa shape index (κ1) is 20.4. The van der Waals surface area contributed by atoms with E-state index in [1.54, 1.807) is 52.5 Å². The third-order valence-electron chi connectivity index (χ3n) is 4.28. The molecule has 2 aromatic rings. The van der Waals surface area contributed by atoms with Crippen molar-refractivity contribution < 1.29 is 23.7 Å². The van der Waals surface area contributed by atoms with E-state index in [0.29, 0.717) is 17.2 Å². The molecule has 6 nitrogen and oxygen atoms in total. The first-order valence-electron chi connectivity index (χ1n) is 8.85. The zero-order valence-corrected chi connectivity index (χ0v) is 16.4. The SMILES string of the molecule is CC[C@H](NC(=O)[C@@H](C)Oc1ccc(OC)cc1)c1ccc(OC)c(OC)c1. The summed E-state index contributed by atoms with van der Waals surface area (Å²) in [5.74, 6) is 2.44. The number of amides is 1. The minimum absolute atomic E-state index is 0.153. The van der Waals surface area contributed by atoms with Gasteiger partial charge in [-0.2, -0.15) is 0 Å². The van der Waals surface area contributed by atoms with Gasteiger partial charge in [0.1, 0.15) is 11.5 Å². The quantitative estimate of drug-likeness (QED) is 0.725. The highest BCUT2D eigenvalue weighted by atomic mass is 16.5. The molecule has 0 aliphatic carbocycles. The van der Waals surface area contributed by atoms with Crippen LogP contribution in [0.1, 0.15) is 31.9 Å². The average molecular weight is 373 g/mol. The molecule has 6 heteroatoms. The molecule has 2 atom stereocenters. The van der Waals surface area contributed by atoms with E-state index in [1.165, 1.54) is 0 Å². The van der Waals surface area contributed by atoms with Crippen molar-refractivity contribution in [2.75, 3.05) is 21.3 Å². The summed E-state index contributed by atoms with van der Waals surface area (Å²) in [5.41, 5.74) is 0.945. The Morgan fingerprint density at radius 3 is 2.11 bits per heavy atom. The Morgan fingerprint density at radius 2 is 1.56 bits per heavy atom. The van der Waals surface area contributed by atoms with Crippen LogP contribution in [0.5, 0.6) is 23.0 Å². The number of hydrogen-bond donors (Lipinski definition) is 1. The van der Waals surface area contributed by atoms with E-state index < -0.39 is 6.10 Å². The van der Waals surface area contributed by atoms with E-state index in [4.69, 9.17) is 18.9 Å². The van der Waals surface area contributed by atoms with Crippen LogP contribution < -0.4 is 24.3 Å². The Labute approximate surface area is 160 Å². The molecule has 2 rings (SSSR count). The lowest BCUT2D eigenvalue weighted by molar-refractivity contribution is -0.128. The average Bonchev–Trinajstić information content (AvgIpc) is 2.71. The number of hydrogen-bond acceptors (Lipinski definition) is 5. The molecule has 146 valence electrons. The molecule has 0 aliphatic rings. The van der Waals surface area contributed by atoms with Crippen molar-refractivity contribution in [3.8, 4) is 23.0 Å². The number of methoxy groups -OCH3 is 3. The van der Waals surface area contributed by atoms with Crippen LogP contribution in [0.4, 0.5) is 0 Å². The van der Waals surface area contributed by atoms with E-state index >= 15 is 0 Å². The Morgan fingerprint density at radius 1 is 0.926 bits per heavy atom. The summed E-state index contributed by atoms with van der Waals surface area (Å²) < 4.78 is 21.5. The largest absolute Gasteiger partial charge is 0.497 e. The fourth-order valence-electron chi connectivity index (χ4n) is 2.69. The number of carbonyl (C=O) groups excluding carboxylic acids is 1. The lowest BCUT2D eigenvalue weighted by atomic mass is 10.0. The number of rotatable bonds is 9. The molecule has 0 saturated heterocycles. The molecule has 0 saturated carbocycles. The van der Waals surface area contributed by atoms with Crippen LogP contribution >= 0.6 is 0 Å². The lowest BCUT2D eigenvalue weighted by Crippen LogP contribution is -2.38. The highest BCUT2D eigenvalue weighted by Gasteiger charge is 2.20. The van der Waals surface area contributed by atoms with E-state index in [-0.39, 0.29) is 11.9 Å². The van der Waals surface area contributed by atoms with E-state index in [9.17, 15) is 4.79 Å². The van der Waals surface area contributed by atoms with Gasteiger partial charge in [0, 0.05) is 0 Å². The number of benzene rings is 2. The maximum atomic E-state index is 12.6. The summed E-state index contributed by atoms with van der Waals surface area (Å²) in [6, 6.07) is 12.6. The summed E-state index contributed by atoms with van der Waals surface area (Å²) in [5, 5.41) is 3.03. The highest BCUT2D eigenvalue weighted by Crippen LogP contribution is 2.31. The van der Waals surface area contributed by atoms with Gasteiger partial charge in [-0.3, -0.25) is 4.79 Å². The van der Waals surface area contributed by atoms with E-state index in [2.05, 4.69) is 5.32 Å². The maximum Gasteiger partial charge on any atom is 0.261 e. The summed E-state index contributed by atoms with van der Waals surface area (Å²) in [6.07, 6.45) is 0.101. The molecule has 2 aromatic carbocycles. The predicted octanol–water partition coefficient (Wildman–Crippen LogP) is 3.75. The fourth-order valence-corrected chi connectivity index (χ4v) is 2.69. The molecule has 0 heterocycles. The summed E-state index contributed by atoms with van der Waals surface area (Å²) >= 11 is 0. The monoisotopic (exact) mass is 373 g/mol. The van der Waals surface area contributed by atoms with E-state index in [1.807, 2.05) is 25.1 Å². The topological polar surface area (TPSA) is 66.0 Å². The van der Waals surface area contributed by atoms with Crippen molar-refractivity contribution in [3.63, 3.8) is 0 Å². The minimum Gasteiger partial charge on any atom is -0.497 e. The van der Waals surface area contributed by atoms with Crippen LogP contribution in [0.25, 0.3) is 0 Å². The van der Waals surface area contributed by atoms with Crippen LogP contribution in [0.15, 0.2) is 42.5 Å². The smallest absolute Gasteiger partial charge is 0.261 e. The van der Waals surface area contributed by atoms with Crippen LogP contribution in [0.2, 0.25) is 0 Å². The van der Waals surface area contributed by atoms with Gasteiger partial charge >= 0.3 is 0 Å². The van der Waals surface area contributed by atoms with Crippen molar-refractivity contribution in [2.24, 2.45) is 0 Å². The predicted molar refractivity (Wildman–Crippen MR) is 104 cm³/mol. The number of nitrogens with one attached hydrogen (secondary N) is 1. The zero-order valence-electron chi connectivity index (χ0n) is 16.4. The molecule has 1 amide bonds. The van der Waals surface area contributed by atoms with Crippen LogP contribution in [-0.2, 0) is 4.79 Å². The van der Waals surface area contributed by atoms with Crippen LogP contribution in [0.3, 0.4) is 0 Å². The molecular weight excluding hydrogens is 346 g/mol. The number of ether oxygens (including phenoxy) is 4. The molecule has 0 bridgehead atoms. The normalized spacial score (nSPS) is 12.6. The fraction of sp³-hybridized carbons (Fsp3) is 0.381. The van der Waals surface area contributed by atoms with Crippen molar-refractivity contribution in [1.82, 2.24) is 5.32 Å². The molecule has 0 fully saturated rings. The van der Waals surface area contributed by atoms with Crippen molar-refractivity contribution in [1.29, 1.82) is 0 Å². The third-order valence-corrected chi connectivity index (χ3v) is 4.28. The van der Waals surface area contributed by atoms with Crippen LogP contribution in [0, 0.1) is 0 Å². The Balaban J connectivity index is 2.04. The summed E-state index contributed by atoms with van der Waals surface area (Å²) in [6.45, 7) is 3.73. The number of carbonyl (C=O) groups is 1. The van der Waals surface area contributed by atoms with Gasteiger partial charge < -0.3 is 24.3 Å². The summed E-state index contributed by atoms with van der Waals surface area (Å²) in [7, 11) is 4.78. The molecular formula is C21H27NO5. The summed E-state index contributed by atoms with van der Waals surface area (Å²) in [4.78, 5) is 12.6. The molecule has 0 spiro atoms. The first-order chi connectivity index (χ1) is 13.0. The van der Waals surface area contributed by atoms with Gasteiger partial charge in [0.25, 0.3) is 5.91 Å². The van der Waals surface area contributed by atoms with Gasteiger partial charge in [0.2, 0.25) is 0 Å². The molecule has 0 aliphatic heterocycles. The Hall–Kier alpha value is -2.89. The first-order valence-corrected chi connectivity index (χ1v) is 8.85. The van der Waals surface area contributed by atoms with Crippen LogP contribution in [-0.4, -0.2) is 33.3 Å². The zero-order chi connectivity index (χ0) is 19.8. The van der Waals surface area contributed by atoms with Gasteiger partial charge in [0.15, 0.2) is 17.6 Å². The second kappa shape index (κ2) is 9.71. The lowest BCUT2D eigenvalue weighted by Gasteiger charge is -2.22. The van der Waals surface area contributed by atoms with Gasteiger partial charge in [-0.05, 0) is 55.3 Å². The standard InChI is InChI=1S/C21H27NO5/c1-6-18(15-7-12-19(25-4)20(13-15)26-5)22-21(23)14(2)27-17-10-8-16(24-3)9-11-17/h7-14,18H,6H2,1-5H3,(H,22,23)/t14-,18+/m1/s1. The Bertz CT molecular complexity index is 745. The van der Waals surface area contributed by atoms with Gasteiger partial charge in [-0.15, -0.1) is 0 Å². The van der Waals surface area contributed by atoms with E-state index in [0.717, 1.165) is 17.7 Å². The van der Waals surface area contributed by atoms with Crippen molar-refractivity contribution >= 4 is 5.91 Å². The molecule has 0 radical (unpaired) electrons. The highest BCUT2D eigenvalue weighted by molar-refractivity contribution is 5.81. The Kier molecular flexibility index (Phi) is 7.34. The second-order valence-corrected chi connectivity index (χ2v) is 6.02. The molecule has 0 unspecified atom stereocenters. The molecule has 1 N–H and O–H groups in total. The van der Waals surface area contributed by atoms with Gasteiger partial charge in [0.05, 0.1) is 27.4 Å². The maximum absolute atomic E-state index is 12.6. The van der Waals surface area contributed by atoms with Gasteiger partial charge in [-0.1, -0.05) is 13.0 Å². The molecule has 0 aromatic heterocycles. The van der Waals surface area contributed by atoms with Gasteiger partial charge in [-0.25, -0.2) is 0 Å². The second-order valence-electron chi connectivity index (χ2n) is 6.02. The molecule has 27 heavy (non-hydrogen) atoms. The van der Waals surface area contributed by atoms with Crippen molar-refractivity contribution in [3.05, 3.63) is 48.0 Å². The van der Waals surface area contributed by atoms with Crippen molar-refractivity contribution in [2.45, 2.75) is 32.4 Å². The third kappa shape index (κ3) is 5.29. The minimum atomic E-state index is -0.632.